The number of anilines is 1. The van der Waals surface area contributed by atoms with Gasteiger partial charge in [-0.05, 0) is 36.8 Å². The summed E-state index contributed by atoms with van der Waals surface area (Å²) in [6.45, 7) is 3.51. The third kappa shape index (κ3) is 3.53. The lowest BCUT2D eigenvalue weighted by Gasteiger charge is -2.11. The van der Waals surface area contributed by atoms with Crippen LogP contribution in [-0.2, 0) is 6.54 Å². The van der Waals surface area contributed by atoms with Gasteiger partial charge in [-0.1, -0.05) is 23.7 Å². The second-order valence-corrected chi connectivity index (χ2v) is 6.66. The summed E-state index contributed by atoms with van der Waals surface area (Å²) in [4.78, 5) is 17.1. The molecule has 0 saturated heterocycles. The molecular weight excluding hydrogens is 380 g/mol. The smallest absolute Gasteiger partial charge is 0.262 e. The number of rotatable bonds is 4. The molecule has 0 atom stereocenters. The summed E-state index contributed by atoms with van der Waals surface area (Å²) in [6.07, 6.45) is 2.40. The average Bonchev–Trinajstić information content (AvgIpc) is 2.94. The van der Waals surface area contributed by atoms with Crippen molar-refractivity contribution in [3.63, 3.8) is 0 Å². The highest BCUT2D eigenvalue weighted by Crippen LogP contribution is 2.37. The molecule has 1 N–H and O–H groups in total. The van der Waals surface area contributed by atoms with E-state index >= 15 is 0 Å². The molecule has 0 bridgehead atoms. The molecule has 8 heteroatoms. The van der Waals surface area contributed by atoms with Crippen molar-refractivity contribution in [1.29, 1.82) is 0 Å². The zero-order valence-corrected chi connectivity index (χ0v) is 16.1. The van der Waals surface area contributed by atoms with Gasteiger partial charge in [0, 0.05) is 13.0 Å². The minimum absolute atomic E-state index is 0.107. The van der Waals surface area contributed by atoms with Crippen molar-refractivity contribution >= 4 is 34.7 Å². The van der Waals surface area contributed by atoms with Gasteiger partial charge in [0.2, 0.25) is 5.95 Å². The van der Waals surface area contributed by atoms with Crippen LogP contribution in [0.2, 0.25) is 5.02 Å². The zero-order chi connectivity index (χ0) is 19.5. The number of hydrazone groups is 1. The molecule has 144 valence electrons. The second-order valence-electron chi connectivity index (χ2n) is 6.25. The summed E-state index contributed by atoms with van der Waals surface area (Å²) in [5.41, 5.74) is 4.12. The monoisotopic (exact) mass is 398 g/mol. The molecule has 3 aromatic rings. The SMILES string of the molecule is CCn1c(N/N=C\c2cc(Cl)c3c(c2)OCCCO3)nc2ccccc2c1=O. The van der Waals surface area contributed by atoms with Gasteiger partial charge >= 0.3 is 0 Å². The Bertz CT molecular complexity index is 1110. The quantitative estimate of drug-likeness (QED) is 0.535. The highest BCUT2D eigenvalue weighted by molar-refractivity contribution is 6.32. The number of benzene rings is 2. The Hall–Kier alpha value is -3.06. The van der Waals surface area contributed by atoms with Crippen molar-refractivity contribution in [1.82, 2.24) is 9.55 Å². The Morgan fingerprint density at radius 1 is 1.29 bits per heavy atom. The molecule has 0 saturated carbocycles. The average molecular weight is 399 g/mol. The molecule has 2 aromatic carbocycles. The molecule has 0 aliphatic carbocycles. The van der Waals surface area contributed by atoms with Crippen molar-refractivity contribution in [2.75, 3.05) is 18.6 Å². The highest BCUT2D eigenvalue weighted by atomic mass is 35.5. The molecule has 0 amide bonds. The molecule has 0 spiro atoms. The second kappa shape index (κ2) is 7.90. The van der Waals surface area contributed by atoms with Crippen LogP contribution >= 0.6 is 11.6 Å². The van der Waals surface area contributed by atoms with Gasteiger partial charge in [-0.3, -0.25) is 9.36 Å². The predicted octanol–water partition coefficient (Wildman–Crippen LogP) is 3.68. The van der Waals surface area contributed by atoms with E-state index in [9.17, 15) is 4.79 Å². The first kappa shape index (κ1) is 18.3. The molecule has 1 aromatic heterocycles. The van der Waals surface area contributed by atoms with Crippen LogP contribution < -0.4 is 20.5 Å². The summed E-state index contributed by atoms with van der Waals surface area (Å²) in [7, 11) is 0. The summed E-state index contributed by atoms with van der Waals surface area (Å²) in [5, 5.41) is 5.27. The summed E-state index contributed by atoms with van der Waals surface area (Å²) in [5.74, 6) is 1.53. The van der Waals surface area contributed by atoms with Gasteiger partial charge in [0.05, 0.1) is 35.4 Å². The molecular formula is C20H19ClN4O3. The molecule has 7 nitrogen and oxygen atoms in total. The van der Waals surface area contributed by atoms with Gasteiger partial charge in [-0.2, -0.15) is 5.10 Å². The lowest BCUT2D eigenvalue weighted by Crippen LogP contribution is -2.23. The van der Waals surface area contributed by atoms with Crippen LogP contribution in [0.15, 0.2) is 46.3 Å². The van der Waals surface area contributed by atoms with Crippen LogP contribution in [0.1, 0.15) is 18.9 Å². The van der Waals surface area contributed by atoms with E-state index in [-0.39, 0.29) is 5.56 Å². The number of hydrogen-bond donors (Lipinski definition) is 1. The van der Waals surface area contributed by atoms with Gasteiger partial charge in [0.25, 0.3) is 5.56 Å². The van der Waals surface area contributed by atoms with E-state index < -0.39 is 0 Å². The molecule has 1 aliphatic heterocycles. The van der Waals surface area contributed by atoms with Crippen LogP contribution in [0.25, 0.3) is 10.9 Å². The molecule has 4 rings (SSSR count). The Kier molecular flexibility index (Phi) is 5.16. The summed E-state index contributed by atoms with van der Waals surface area (Å²) >= 11 is 6.30. The highest BCUT2D eigenvalue weighted by Gasteiger charge is 2.15. The summed E-state index contributed by atoms with van der Waals surface area (Å²) in [6, 6.07) is 10.8. The van der Waals surface area contributed by atoms with Gasteiger partial charge < -0.3 is 9.47 Å². The molecule has 2 heterocycles. The Morgan fingerprint density at radius 2 is 2.11 bits per heavy atom. The number of para-hydroxylation sites is 1. The van der Waals surface area contributed by atoms with Crippen LogP contribution in [0.3, 0.4) is 0 Å². The minimum Gasteiger partial charge on any atom is -0.489 e. The topological polar surface area (TPSA) is 77.7 Å². The van der Waals surface area contributed by atoms with Crippen LogP contribution in [0.5, 0.6) is 11.5 Å². The van der Waals surface area contributed by atoms with E-state index in [1.807, 2.05) is 25.1 Å². The number of aromatic nitrogens is 2. The number of halogens is 1. The molecule has 1 aliphatic rings. The third-order valence-corrected chi connectivity index (χ3v) is 4.66. The third-order valence-electron chi connectivity index (χ3n) is 4.38. The van der Waals surface area contributed by atoms with E-state index in [0.717, 1.165) is 12.0 Å². The number of fused-ring (bicyclic) bond motifs is 2. The predicted molar refractivity (Wildman–Crippen MR) is 110 cm³/mol. The summed E-state index contributed by atoms with van der Waals surface area (Å²) < 4.78 is 12.9. The van der Waals surface area contributed by atoms with E-state index in [2.05, 4.69) is 15.5 Å². The first-order valence-corrected chi connectivity index (χ1v) is 9.43. The van der Waals surface area contributed by atoms with Gasteiger partial charge in [0.1, 0.15) is 0 Å². The fraction of sp³-hybridized carbons (Fsp3) is 0.250. The normalized spacial score (nSPS) is 13.6. The van der Waals surface area contributed by atoms with E-state index in [0.29, 0.717) is 53.1 Å². The van der Waals surface area contributed by atoms with Crippen LogP contribution in [0, 0.1) is 0 Å². The van der Waals surface area contributed by atoms with Crippen molar-refractivity contribution < 1.29 is 9.47 Å². The lowest BCUT2D eigenvalue weighted by atomic mass is 10.2. The van der Waals surface area contributed by atoms with E-state index in [4.69, 9.17) is 21.1 Å². The van der Waals surface area contributed by atoms with Gasteiger partial charge in [0.15, 0.2) is 11.5 Å². The van der Waals surface area contributed by atoms with Gasteiger partial charge in [-0.25, -0.2) is 10.4 Å². The maximum Gasteiger partial charge on any atom is 0.262 e. The molecule has 0 radical (unpaired) electrons. The fourth-order valence-corrected chi connectivity index (χ4v) is 3.31. The van der Waals surface area contributed by atoms with Crippen molar-refractivity contribution in [2.45, 2.75) is 19.9 Å². The molecule has 0 unspecified atom stereocenters. The van der Waals surface area contributed by atoms with Crippen molar-refractivity contribution in [3.05, 3.63) is 57.3 Å². The first-order valence-electron chi connectivity index (χ1n) is 9.05. The molecule has 28 heavy (non-hydrogen) atoms. The zero-order valence-electron chi connectivity index (χ0n) is 15.3. The van der Waals surface area contributed by atoms with Crippen molar-refractivity contribution in [2.24, 2.45) is 5.10 Å². The fourth-order valence-electron chi connectivity index (χ4n) is 3.04. The van der Waals surface area contributed by atoms with E-state index in [1.54, 1.807) is 29.0 Å². The van der Waals surface area contributed by atoms with E-state index in [1.165, 1.54) is 0 Å². The largest absolute Gasteiger partial charge is 0.489 e. The number of ether oxygens (including phenoxy) is 2. The number of hydrogen-bond acceptors (Lipinski definition) is 6. The van der Waals surface area contributed by atoms with Gasteiger partial charge in [-0.15, -0.1) is 0 Å². The first-order chi connectivity index (χ1) is 13.7. The van der Waals surface area contributed by atoms with Crippen molar-refractivity contribution in [3.8, 4) is 11.5 Å². The minimum atomic E-state index is -0.107. The van der Waals surface area contributed by atoms with Crippen LogP contribution in [0.4, 0.5) is 5.95 Å². The molecule has 0 fully saturated rings. The number of nitrogens with zero attached hydrogens (tertiary/aromatic N) is 3. The Labute approximate surface area is 166 Å². The van der Waals surface area contributed by atoms with Crippen LogP contribution in [-0.4, -0.2) is 29.0 Å². The number of nitrogens with one attached hydrogen (secondary N) is 1. The lowest BCUT2D eigenvalue weighted by molar-refractivity contribution is 0.297. The maximum atomic E-state index is 12.6. The Balaban J connectivity index is 1.63. The Morgan fingerprint density at radius 3 is 2.96 bits per heavy atom. The standard InChI is InChI=1S/C20H19ClN4O3/c1-2-25-19(26)14-6-3-4-7-16(14)23-20(25)24-22-12-13-10-15(21)18-17(11-13)27-8-5-9-28-18/h3-4,6-7,10-12H,2,5,8-9H2,1H3,(H,23,24)/b22-12-. The maximum absolute atomic E-state index is 12.6.